The molecule has 0 radical (unpaired) electrons. The van der Waals surface area contributed by atoms with Gasteiger partial charge < -0.3 is 10.4 Å². The number of benzene rings is 2. The molecule has 0 aliphatic rings. The molecule has 0 aliphatic heterocycles. The van der Waals surface area contributed by atoms with E-state index in [1.807, 2.05) is 0 Å². The molecular formula is C16H12FNO2S. The molecule has 0 unspecified atom stereocenters. The summed E-state index contributed by atoms with van der Waals surface area (Å²) in [5.74, 6) is -0.557. The van der Waals surface area contributed by atoms with Gasteiger partial charge in [-0.25, -0.2) is 4.39 Å². The van der Waals surface area contributed by atoms with Crippen LogP contribution >= 0.6 is 11.3 Å². The Labute approximate surface area is 124 Å². The van der Waals surface area contributed by atoms with E-state index in [1.54, 1.807) is 36.4 Å². The number of carbonyl (C=O) groups is 1. The monoisotopic (exact) mass is 301 g/mol. The van der Waals surface area contributed by atoms with E-state index in [0.29, 0.717) is 10.6 Å². The number of thiophene rings is 1. The Morgan fingerprint density at radius 3 is 2.86 bits per heavy atom. The fraction of sp³-hybridized carbons (Fsp3) is 0.0625. The quantitative estimate of drug-likeness (QED) is 0.773. The van der Waals surface area contributed by atoms with Crippen LogP contribution in [0.5, 0.6) is 0 Å². The largest absolute Gasteiger partial charge is 0.392 e. The number of carbonyl (C=O) groups excluding carboxylic acids is 1. The molecule has 1 amide bonds. The first-order valence-corrected chi connectivity index (χ1v) is 7.17. The molecule has 0 fully saturated rings. The van der Waals surface area contributed by atoms with Gasteiger partial charge in [0.2, 0.25) is 0 Å². The van der Waals surface area contributed by atoms with E-state index in [-0.39, 0.29) is 18.3 Å². The number of hydrogen-bond donors (Lipinski definition) is 2. The van der Waals surface area contributed by atoms with Crippen molar-refractivity contribution in [3.05, 3.63) is 64.8 Å². The topological polar surface area (TPSA) is 49.3 Å². The SMILES string of the molecule is O=C(Nc1cccc(CO)c1)c1cc2ccc(F)cc2s1. The van der Waals surface area contributed by atoms with Crippen molar-refractivity contribution in [2.75, 3.05) is 5.32 Å². The molecule has 0 bridgehead atoms. The van der Waals surface area contributed by atoms with Gasteiger partial charge in [-0.2, -0.15) is 0 Å². The van der Waals surface area contributed by atoms with Crippen molar-refractivity contribution in [3.63, 3.8) is 0 Å². The number of halogens is 1. The van der Waals surface area contributed by atoms with Crippen LogP contribution in [0.4, 0.5) is 10.1 Å². The fourth-order valence-electron chi connectivity index (χ4n) is 2.06. The van der Waals surface area contributed by atoms with Crippen LogP contribution < -0.4 is 5.32 Å². The Morgan fingerprint density at radius 2 is 2.05 bits per heavy atom. The second-order valence-electron chi connectivity index (χ2n) is 4.61. The molecule has 21 heavy (non-hydrogen) atoms. The molecule has 106 valence electrons. The van der Waals surface area contributed by atoms with Crippen molar-refractivity contribution >= 4 is 33.0 Å². The van der Waals surface area contributed by atoms with Crippen molar-refractivity contribution in [1.29, 1.82) is 0 Å². The van der Waals surface area contributed by atoms with E-state index in [2.05, 4.69) is 5.32 Å². The van der Waals surface area contributed by atoms with Gasteiger partial charge in [0.05, 0.1) is 11.5 Å². The lowest BCUT2D eigenvalue weighted by atomic mass is 10.2. The second kappa shape index (κ2) is 5.63. The van der Waals surface area contributed by atoms with Crippen LogP contribution in [0.1, 0.15) is 15.2 Å². The van der Waals surface area contributed by atoms with Crippen molar-refractivity contribution in [1.82, 2.24) is 0 Å². The van der Waals surface area contributed by atoms with Gasteiger partial charge >= 0.3 is 0 Å². The van der Waals surface area contributed by atoms with Crippen molar-refractivity contribution in [2.24, 2.45) is 0 Å². The summed E-state index contributed by atoms with van der Waals surface area (Å²) in [6, 6.07) is 13.2. The number of aliphatic hydroxyl groups is 1. The predicted molar refractivity (Wildman–Crippen MR) is 82.1 cm³/mol. The second-order valence-corrected chi connectivity index (χ2v) is 5.69. The highest BCUT2D eigenvalue weighted by Crippen LogP contribution is 2.27. The maximum absolute atomic E-state index is 13.2. The average molecular weight is 301 g/mol. The number of aliphatic hydroxyl groups excluding tert-OH is 1. The number of fused-ring (bicyclic) bond motifs is 1. The molecule has 0 spiro atoms. The van der Waals surface area contributed by atoms with Crippen LogP contribution in [0, 0.1) is 5.82 Å². The Balaban J connectivity index is 1.86. The van der Waals surface area contributed by atoms with E-state index in [0.717, 1.165) is 15.6 Å². The highest BCUT2D eigenvalue weighted by molar-refractivity contribution is 7.20. The lowest BCUT2D eigenvalue weighted by Crippen LogP contribution is -2.10. The Bertz CT molecular complexity index is 813. The summed E-state index contributed by atoms with van der Waals surface area (Å²) < 4.78 is 13.9. The third-order valence-corrected chi connectivity index (χ3v) is 4.17. The van der Waals surface area contributed by atoms with E-state index in [1.165, 1.54) is 23.5 Å². The number of anilines is 1. The van der Waals surface area contributed by atoms with Crippen LogP contribution in [0.3, 0.4) is 0 Å². The van der Waals surface area contributed by atoms with Crippen LogP contribution in [0.25, 0.3) is 10.1 Å². The van der Waals surface area contributed by atoms with Crippen LogP contribution in [-0.4, -0.2) is 11.0 Å². The van der Waals surface area contributed by atoms with Gasteiger partial charge in [-0.1, -0.05) is 18.2 Å². The standard InChI is InChI=1S/C16H12FNO2S/c17-12-5-4-11-7-15(21-14(11)8-12)16(20)18-13-3-1-2-10(6-13)9-19/h1-8,19H,9H2,(H,18,20). The number of amides is 1. The van der Waals surface area contributed by atoms with E-state index >= 15 is 0 Å². The molecular weight excluding hydrogens is 289 g/mol. The smallest absolute Gasteiger partial charge is 0.265 e. The molecule has 3 nitrogen and oxygen atoms in total. The van der Waals surface area contributed by atoms with Gasteiger partial charge in [0.1, 0.15) is 5.82 Å². The van der Waals surface area contributed by atoms with Gasteiger partial charge in [-0.3, -0.25) is 4.79 Å². The van der Waals surface area contributed by atoms with E-state index in [9.17, 15) is 9.18 Å². The molecule has 3 aromatic rings. The Morgan fingerprint density at radius 1 is 1.19 bits per heavy atom. The summed E-state index contributed by atoms with van der Waals surface area (Å²) in [6.07, 6.45) is 0. The van der Waals surface area contributed by atoms with Crippen LogP contribution in [0.2, 0.25) is 0 Å². The molecule has 2 aromatic carbocycles. The molecule has 0 saturated carbocycles. The summed E-state index contributed by atoms with van der Waals surface area (Å²) in [7, 11) is 0. The molecule has 0 saturated heterocycles. The average Bonchev–Trinajstić information content (AvgIpc) is 2.90. The first kappa shape index (κ1) is 13.7. The first-order chi connectivity index (χ1) is 10.2. The minimum atomic E-state index is -0.313. The zero-order valence-electron chi connectivity index (χ0n) is 11.0. The third-order valence-electron chi connectivity index (χ3n) is 3.07. The maximum atomic E-state index is 13.2. The highest BCUT2D eigenvalue weighted by Gasteiger charge is 2.11. The van der Waals surface area contributed by atoms with Crippen LogP contribution in [0.15, 0.2) is 48.5 Å². The summed E-state index contributed by atoms with van der Waals surface area (Å²) in [5.41, 5.74) is 1.35. The molecule has 1 heterocycles. The minimum Gasteiger partial charge on any atom is -0.392 e. The number of nitrogens with one attached hydrogen (secondary N) is 1. The summed E-state index contributed by atoms with van der Waals surface area (Å²) in [6.45, 7) is -0.0775. The number of hydrogen-bond acceptors (Lipinski definition) is 3. The summed E-state index contributed by atoms with van der Waals surface area (Å²) >= 11 is 1.25. The lowest BCUT2D eigenvalue weighted by molar-refractivity contribution is 0.103. The van der Waals surface area contributed by atoms with Gasteiger partial charge in [0, 0.05) is 10.4 Å². The molecule has 0 aliphatic carbocycles. The van der Waals surface area contributed by atoms with Gasteiger partial charge in [-0.05, 0) is 41.3 Å². The third kappa shape index (κ3) is 2.94. The molecule has 2 N–H and O–H groups in total. The van der Waals surface area contributed by atoms with Crippen LogP contribution in [-0.2, 0) is 6.61 Å². The molecule has 0 atom stereocenters. The minimum absolute atomic E-state index is 0.0775. The van der Waals surface area contributed by atoms with E-state index in [4.69, 9.17) is 5.11 Å². The Hall–Kier alpha value is -2.24. The normalized spacial score (nSPS) is 10.8. The highest BCUT2D eigenvalue weighted by atomic mass is 32.1. The van der Waals surface area contributed by atoms with Crippen molar-refractivity contribution in [2.45, 2.75) is 6.61 Å². The zero-order valence-corrected chi connectivity index (χ0v) is 11.8. The first-order valence-electron chi connectivity index (χ1n) is 6.36. The van der Waals surface area contributed by atoms with Crippen molar-refractivity contribution < 1.29 is 14.3 Å². The van der Waals surface area contributed by atoms with Gasteiger partial charge in [-0.15, -0.1) is 11.3 Å². The molecule has 5 heteroatoms. The predicted octanol–water partition coefficient (Wildman–Crippen LogP) is 3.79. The zero-order chi connectivity index (χ0) is 14.8. The van der Waals surface area contributed by atoms with Crippen molar-refractivity contribution in [3.8, 4) is 0 Å². The Kier molecular flexibility index (Phi) is 3.68. The number of rotatable bonds is 3. The summed E-state index contributed by atoms with van der Waals surface area (Å²) in [5, 5.41) is 12.7. The lowest BCUT2D eigenvalue weighted by Gasteiger charge is -2.04. The molecule has 1 aromatic heterocycles. The van der Waals surface area contributed by atoms with E-state index < -0.39 is 0 Å². The van der Waals surface area contributed by atoms with Gasteiger partial charge in [0.25, 0.3) is 5.91 Å². The maximum Gasteiger partial charge on any atom is 0.265 e. The fourth-order valence-corrected chi connectivity index (χ4v) is 3.04. The van der Waals surface area contributed by atoms with Gasteiger partial charge in [0.15, 0.2) is 0 Å². The summed E-state index contributed by atoms with van der Waals surface area (Å²) in [4.78, 5) is 12.7. The molecule has 3 rings (SSSR count).